The molecule has 0 atom stereocenters. The number of hydrogen-bond acceptors (Lipinski definition) is 1. The maximum Gasteiger partial charge on any atom is 0.167 e. The molecule has 2 nitrogen and oxygen atoms in total. The van der Waals surface area contributed by atoms with Gasteiger partial charge in [-0.25, -0.2) is 4.98 Å². The maximum atomic E-state index is 12.3. The predicted molar refractivity (Wildman–Crippen MR) is 50.6 cm³/mol. The van der Waals surface area contributed by atoms with Crippen LogP contribution in [0.15, 0.2) is 17.3 Å². The number of hydrogen-bond donors (Lipinski definition) is 0. The highest BCUT2D eigenvalue weighted by Gasteiger charge is 1.99. The molecule has 0 unspecified atom stereocenters. The summed E-state index contributed by atoms with van der Waals surface area (Å²) in [7, 11) is 0. The van der Waals surface area contributed by atoms with E-state index >= 15 is 0 Å². The Bertz CT molecular complexity index is 287. The van der Waals surface area contributed by atoms with E-state index in [1.807, 2.05) is 18.4 Å². The first kappa shape index (κ1) is 9.45. The van der Waals surface area contributed by atoms with Gasteiger partial charge in [-0.3, -0.25) is 0 Å². The van der Waals surface area contributed by atoms with Gasteiger partial charge in [0.05, 0.1) is 12.0 Å². The van der Waals surface area contributed by atoms with Gasteiger partial charge in [-0.05, 0) is 29.8 Å². The third-order valence-electron chi connectivity index (χ3n) is 1.47. The third kappa shape index (κ3) is 2.44. The van der Waals surface area contributed by atoms with Gasteiger partial charge in [0.2, 0.25) is 0 Å². The first-order chi connectivity index (χ1) is 5.59. The Balaban J connectivity index is 2.85. The largest absolute Gasteiger partial charge is 0.334 e. The van der Waals surface area contributed by atoms with Crippen molar-refractivity contribution in [2.24, 2.45) is 0 Å². The minimum Gasteiger partial charge on any atom is -0.334 e. The van der Waals surface area contributed by atoms with Crippen LogP contribution >= 0.6 is 15.9 Å². The fourth-order valence-corrected chi connectivity index (χ4v) is 1.06. The Morgan fingerprint density at radius 3 is 2.83 bits per heavy atom. The molecule has 1 aromatic rings. The Morgan fingerprint density at radius 2 is 2.42 bits per heavy atom. The molecular weight excluding hydrogens is 223 g/mol. The van der Waals surface area contributed by atoms with E-state index < -0.39 is 4.74 Å². The van der Waals surface area contributed by atoms with Gasteiger partial charge in [0.15, 0.2) is 4.74 Å². The Labute approximate surface area is 79.2 Å². The van der Waals surface area contributed by atoms with Crippen molar-refractivity contribution in [3.63, 3.8) is 0 Å². The van der Waals surface area contributed by atoms with Crippen molar-refractivity contribution >= 4 is 22.0 Å². The van der Waals surface area contributed by atoms with Crippen molar-refractivity contribution in [1.82, 2.24) is 9.55 Å². The van der Waals surface area contributed by atoms with Crippen LogP contribution in [-0.2, 0) is 0 Å². The van der Waals surface area contributed by atoms with Gasteiger partial charge < -0.3 is 4.57 Å². The van der Waals surface area contributed by atoms with Crippen LogP contribution in [0.25, 0.3) is 6.08 Å². The molecule has 1 aromatic heterocycles. The van der Waals surface area contributed by atoms with Crippen LogP contribution in [0, 0.1) is 0 Å². The number of halogens is 2. The van der Waals surface area contributed by atoms with Crippen LogP contribution in [0.4, 0.5) is 4.39 Å². The zero-order valence-electron chi connectivity index (χ0n) is 6.96. The second kappa shape index (κ2) is 3.85. The SMILES string of the molecule is CC(C)n1cnc(/C=C(\F)Br)c1. The molecule has 0 radical (unpaired) electrons. The van der Waals surface area contributed by atoms with Gasteiger partial charge in [0.25, 0.3) is 0 Å². The maximum absolute atomic E-state index is 12.3. The van der Waals surface area contributed by atoms with E-state index in [9.17, 15) is 4.39 Å². The summed E-state index contributed by atoms with van der Waals surface area (Å²) in [6.07, 6.45) is 4.82. The van der Waals surface area contributed by atoms with Crippen molar-refractivity contribution in [2.75, 3.05) is 0 Å². The van der Waals surface area contributed by atoms with Gasteiger partial charge in [0.1, 0.15) is 0 Å². The van der Waals surface area contributed by atoms with E-state index in [-0.39, 0.29) is 0 Å². The molecule has 0 spiro atoms. The number of nitrogens with zero attached hydrogens (tertiary/aromatic N) is 2. The molecule has 0 aromatic carbocycles. The highest BCUT2D eigenvalue weighted by molar-refractivity contribution is 9.11. The highest BCUT2D eigenvalue weighted by Crippen LogP contribution is 2.12. The monoisotopic (exact) mass is 232 g/mol. The molecule has 0 aliphatic rings. The van der Waals surface area contributed by atoms with E-state index in [1.54, 1.807) is 12.5 Å². The average molecular weight is 233 g/mol. The van der Waals surface area contributed by atoms with E-state index in [0.29, 0.717) is 11.7 Å². The topological polar surface area (TPSA) is 17.8 Å². The zero-order chi connectivity index (χ0) is 9.14. The number of imidazole rings is 1. The quantitative estimate of drug-likeness (QED) is 0.767. The van der Waals surface area contributed by atoms with Gasteiger partial charge in [-0.1, -0.05) is 0 Å². The van der Waals surface area contributed by atoms with Crippen LogP contribution in [0.2, 0.25) is 0 Å². The summed E-state index contributed by atoms with van der Waals surface area (Å²) in [5.41, 5.74) is 0.623. The fourth-order valence-electron chi connectivity index (χ4n) is 0.821. The minimum atomic E-state index is -0.406. The number of aromatic nitrogens is 2. The van der Waals surface area contributed by atoms with E-state index in [0.717, 1.165) is 0 Å². The van der Waals surface area contributed by atoms with Gasteiger partial charge in [-0.15, -0.1) is 0 Å². The smallest absolute Gasteiger partial charge is 0.167 e. The zero-order valence-corrected chi connectivity index (χ0v) is 8.55. The third-order valence-corrected chi connectivity index (χ3v) is 1.70. The van der Waals surface area contributed by atoms with Crippen LogP contribution < -0.4 is 0 Å². The molecule has 1 rings (SSSR count). The molecule has 0 N–H and O–H groups in total. The highest BCUT2D eigenvalue weighted by atomic mass is 79.9. The van der Waals surface area contributed by atoms with E-state index in [1.165, 1.54) is 6.08 Å². The van der Waals surface area contributed by atoms with Crippen molar-refractivity contribution in [1.29, 1.82) is 0 Å². The molecule has 0 aliphatic carbocycles. The molecule has 12 heavy (non-hydrogen) atoms. The summed E-state index contributed by atoms with van der Waals surface area (Å²) in [4.78, 5) is 3.99. The van der Waals surface area contributed by atoms with Crippen LogP contribution in [0.5, 0.6) is 0 Å². The normalized spacial score (nSPS) is 12.6. The molecule has 0 amide bonds. The van der Waals surface area contributed by atoms with Crippen molar-refractivity contribution in [2.45, 2.75) is 19.9 Å². The predicted octanol–water partition coefficient (Wildman–Crippen LogP) is 3.13. The first-order valence-electron chi connectivity index (χ1n) is 3.66. The summed E-state index contributed by atoms with van der Waals surface area (Å²) in [5.74, 6) is 0. The lowest BCUT2D eigenvalue weighted by atomic mass is 10.4. The molecule has 0 fully saturated rings. The molecule has 0 aliphatic heterocycles. The lowest BCUT2D eigenvalue weighted by molar-refractivity contribution is 0.599. The average Bonchev–Trinajstić information content (AvgIpc) is 2.34. The van der Waals surface area contributed by atoms with Crippen LogP contribution in [0.1, 0.15) is 25.6 Å². The van der Waals surface area contributed by atoms with Crippen molar-refractivity contribution in [3.8, 4) is 0 Å². The van der Waals surface area contributed by atoms with E-state index in [2.05, 4.69) is 20.9 Å². The standard InChI is InChI=1S/C8H10BrFN2/c1-6(2)12-4-7(11-5-12)3-8(9)10/h3-6H,1-2H3/b8-3-. The first-order valence-corrected chi connectivity index (χ1v) is 4.45. The Hall–Kier alpha value is -0.640. The van der Waals surface area contributed by atoms with Gasteiger partial charge in [-0.2, -0.15) is 4.39 Å². The Morgan fingerprint density at radius 1 is 1.75 bits per heavy atom. The molecular formula is C8H10BrFN2. The van der Waals surface area contributed by atoms with Gasteiger partial charge >= 0.3 is 0 Å². The summed E-state index contributed by atoms with van der Waals surface area (Å²) >= 11 is 2.70. The van der Waals surface area contributed by atoms with E-state index in [4.69, 9.17) is 0 Å². The minimum absolute atomic E-state index is 0.359. The lowest BCUT2D eigenvalue weighted by Gasteiger charge is -2.03. The molecule has 0 saturated carbocycles. The van der Waals surface area contributed by atoms with Crippen molar-refractivity contribution < 1.29 is 4.39 Å². The second-order valence-corrected chi connectivity index (χ2v) is 3.53. The Kier molecular flexibility index (Phi) is 3.03. The summed E-state index contributed by atoms with van der Waals surface area (Å²) in [6, 6.07) is 0.359. The number of rotatable bonds is 2. The molecule has 66 valence electrons. The van der Waals surface area contributed by atoms with Crippen molar-refractivity contribution in [3.05, 3.63) is 23.0 Å². The molecule has 0 saturated heterocycles. The summed E-state index contributed by atoms with van der Waals surface area (Å²) in [5, 5.41) is 0. The fraction of sp³-hybridized carbons (Fsp3) is 0.375. The second-order valence-electron chi connectivity index (χ2n) is 2.77. The lowest BCUT2D eigenvalue weighted by Crippen LogP contribution is -1.95. The summed E-state index contributed by atoms with van der Waals surface area (Å²) < 4.78 is 13.8. The molecule has 4 heteroatoms. The summed E-state index contributed by atoms with van der Waals surface area (Å²) in [6.45, 7) is 4.08. The molecule has 1 heterocycles. The van der Waals surface area contributed by atoms with Crippen LogP contribution in [0.3, 0.4) is 0 Å². The van der Waals surface area contributed by atoms with Gasteiger partial charge in [0, 0.05) is 18.3 Å². The van der Waals surface area contributed by atoms with Crippen LogP contribution in [-0.4, -0.2) is 9.55 Å². The molecule has 0 bridgehead atoms.